The number of nitrogens with zero attached hydrogens (tertiary/aromatic N) is 1. The minimum atomic E-state index is -4.15. The normalized spacial score (nSPS) is 25.9. The van der Waals surface area contributed by atoms with Crippen LogP contribution in [-0.4, -0.2) is 102 Å². The number of benzene rings is 2. The van der Waals surface area contributed by atoms with E-state index in [9.17, 15) is 18.3 Å². The largest absolute Gasteiger partial charge is 0.497 e. The lowest BCUT2D eigenvalue weighted by Gasteiger charge is -2.30. The smallest absolute Gasteiger partial charge is 0.407 e. The number of rotatable bonds is 8. The lowest BCUT2D eigenvalue weighted by Crippen LogP contribution is -2.52. The molecule has 0 saturated carbocycles. The molecule has 1 amide bonds. The molecule has 2 aromatic carbocycles. The molecule has 13 heteroatoms. The number of β-amino-alcohol motifs (C(OH)–C–C–N with tert-alkyl or cyclic N) is 1. The molecular weight excluding hydrogens is 602 g/mol. The van der Waals surface area contributed by atoms with Crippen molar-refractivity contribution in [2.75, 3.05) is 53.1 Å². The highest BCUT2D eigenvalue weighted by molar-refractivity contribution is 7.89. The van der Waals surface area contributed by atoms with Crippen LogP contribution in [0.25, 0.3) is 0 Å². The quantitative estimate of drug-likeness (QED) is 0.366. The summed E-state index contributed by atoms with van der Waals surface area (Å²) < 4.78 is 57.7. The molecule has 3 N–H and O–H groups in total. The van der Waals surface area contributed by atoms with Gasteiger partial charge in [-0.3, -0.25) is 0 Å². The molecule has 0 bridgehead atoms. The molecule has 5 atom stereocenters. The second-order valence-electron chi connectivity index (χ2n) is 11.3. The van der Waals surface area contributed by atoms with Crippen LogP contribution in [0.4, 0.5) is 4.79 Å². The van der Waals surface area contributed by atoms with Crippen molar-refractivity contribution in [3.63, 3.8) is 0 Å². The van der Waals surface area contributed by atoms with Crippen molar-refractivity contribution in [2.24, 2.45) is 5.92 Å². The molecule has 3 aliphatic rings. The number of hydrogen-bond donors (Lipinski definition) is 3. The van der Waals surface area contributed by atoms with Crippen molar-refractivity contribution < 1.29 is 42.0 Å². The summed E-state index contributed by atoms with van der Waals surface area (Å²) in [7, 11) is -2.65. The fraction of sp³-hybridized carbons (Fsp3) is 0.531. The Labute approximate surface area is 264 Å². The van der Waals surface area contributed by atoms with Crippen LogP contribution >= 0.6 is 0 Å². The van der Waals surface area contributed by atoms with Crippen molar-refractivity contribution in [3.8, 4) is 11.5 Å². The van der Waals surface area contributed by atoms with E-state index < -0.39 is 34.4 Å². The molecule has 12 nitrogen and oxygen atoms in total. The molecule has 0 unspecified atom stereocenters. The average molecular weight is 646 g/mol. The van der Waals surface area contributed by atoms with Crippen LogP contribution in [-0.2, 0) is 30.7 Å². The predicted octanol–water partition coefficient (Wildman–Crippen LogP) is 2.46. The number of methoxy groups -OCH3 is 1. The number of hydrogen-bond acceptors (Lipinski definition) is 10. The van der Waals surface area contributed by atoms with E-state index in [4.69, 9.17) is 23.7 Å². The summed E-state index contributed by atoms with van der Waals surface area (Å²) >= 11 is 0. The highest BCUT2D eigenvalue weighted by atomic mass is 32.2. The van der Waals surface area contributed by atoms with Gasteiger partial charge in [-0.05, 0) is 43.4 Å². The SMILES string of the molecule is COc1ccc2c(c1)OCCC/C=C\CNCCN(C[C@@H](O)[C@H](Cc1ccccc1)NC(=O)O[C@H]1CO[C@H]3OCC[C@H]31)S2(=O)=O. The zero-order chi connectivity index (χ0) is 31.6. The molecule has 45 heavy (non-hydrogen) atoms. The Morgan fingerprint density at radius 2 is 2.00 bits per heavy atom. The van der Waals surface area contributed by atoms with Crippen LogP contribution in [0.5, 0.6) is 11.5 Å². The van der Waals surface area contributed by atoms with Crippen LogP contribution in [0, 0.1) is 5.92 Å². The number of carbonyl (C=O) groups excluding carboxylic acids is 1. The summed E-state index contributed by atoms with van der Waals surface area (Å²) in [6.45, 7) is 1.80. The Morgan fingerprint density at radius 3 is 2.82 bits per heavy atom. The number of amides is 1. The summed E-state index contributed by atoms with van der Waals surface area (Å²) in [6.07, 6.45) is 3.71. The van der Waals surface area contributed by atoms with Crippen LogP contribution in [0.1, 0.15) is 24.8 Å². The molecule has 0 aliphatic carbocycles. The molecule has 3 aliphatic heterocycles. The van der Waals surface area contributed by atoms with Crippen molar-refractivity contribution in [1.29, 1.82) is 0 Å². The van der Waals surface area contributed by atoms with Gasteiger partial charge in [0.25, 0.3) is 0 Å². The number of carbonyl (C=O) groups is 1. The summed E-state index contributed by atoms with van der Waals surface area (Å²) in [5, 5.41) is 17.7. The first kappa shape index (κ1) is 33.2. The molecule has 246 valence electrons. The van der Waals surface area contributed by atoms with Crippen LogP contribution < -0.4 is 20.1 Å². The second-order valence-corrected chi connectivity index (χ2v) is 13.2. The lowest BCUT2D eigenvalue weighted by atomic mass is 10.0. The highest BCUT2D eigenvalue weighted by Gasteiger charge is 2.44. The van der Waals surface area contributed by atoms with Crippen molar-refractivity contribution in [1.82, 2.24) is 14.9 Å². The van der Waals surface area contributed by atoms with Gasteiger partial charge in [0, 0.05) is 32.2 Å². The zero-order valence-electron chi connectivity index (χ0n) is 25.5. The first-order chi connectivity index (χ1) is 21.8. The third-order valence-corrected chi connectivity index (χ3v) is 10.1. The van der Waals surface area contributed by atoms with Crippen molar-refractivity contribution >= 4 is 16.1 Å². The molecule has 5 rings (SSSR count). The van der Waals surface area contributed by atoms with Gasteiger partial charge in [0.2, 0.25) is 10.0 Å². The molecule has 2 saturated heterocycles. The molecule has 2 fully saturated rings. The van der Waals surface area contributed by atoms with E-state index in [1.54, 1.807) is 12.1 Å². The number of ether oxygens (including phenoxy) is 5. The Kier molecular flexibility index (Phi) is 11.7. The first-order valence-electron chi connectivity index (χ1n) is 15.4. The third kappa shape index (κ3) is 8.75. The van der Waals surface area contributed by atoms with E-state index in [1.807, 2.05) is 36.4 Å². The topological polar surface area (TPSA) is 145 Å². The Bertz CT molecular complexity index is 1390. The Balaban J connectivity index is 1.37. The highest BCUT2D eigenvalue weighted by Crippen LogP contribution is 2.33. The molecular formula is C32H43N3O9S. The maximum atomic E-state index is 14.2. The fourth-order valence-electron chi connectivity index (χ4n) is 5.72. The third-order valence-electron chi connectivity index (χ3n) is 8.21. The van der Waals surface area contributed by atoms with Gasteiger partial charge in [0.1, 0.15) is 22.5 Å². The van der Waals surface area contributed by atoms with E-state index in [2.05, 4.69) is 16.7 Å². The van der Waals surface area contributed by atoms with E-state index in [0.29, 0.717) is 38.5 Å². The molecule has 0 radical (unpaired) electrons. The van der Waals surface area contributed by atoms with E-state index >= 15 is 0 Å². The van der Waals surface area contributed by atoms with Gasteiger partial charge in [0.15, 0.2) is 6.29 Å². The van der Waals surface area contributed by atoms with Crippen LogP contribution in [0.3, 0.4) is 0 Å². The fourth-order valence-corrected chi connectivity index (χ4v) is 7.29. The number of allylic oxidation sites excluding steroid dienone is 1. The Morgan fingerprint density at radius 1 is 1.16 bits per heavy atom. The predicted molar refractivity (Wildman–Crippen MR) is 166 cm³/mol. The number of aliphatic hydroxyl groups is 1. The van der Waals surface area contributed by atoms with Gasteiger partial charge in [-0.25, -0.2) is 13.2 Å². The van der Waals surface area contributed by atoms with E-state index in [1.165, 1.54) is 17.5 Å². The maximum Gasteiger partial charge on any atom is 0.407 e. The standard InChI is InChI=1S/C32H43N3O9S/c1-40-24-11-12-30-28(20-24)41-17-8-3-2-7-14-33-15-16-35(45(30,38)39)21-27(36)26(19-23-9-5-4-6-10-23)34-32(37)44-29-22-43-31-25(29)13-18-42-31/h2,4-7,9-12,20,25-27,29,31,33,36H,3,8,13-19,21-22H2,1H3,(H,34,37)/b7-2-/t25-,26-,27+,29-,31+/m0/s1. The van der Waals surface area contributed by atoms with Gasteiger partial charge in [0.05, 0.1) is 45.0 Å². The van der Waals surface area contributed by atoms with Crippen molar-refractivity contribution in [3.05, 3.63) is 66.2 Å². The second kappa shape index (κ2) is 15.9. The molecule has 0 aromatic heterocycles. The maximum absolute atomic E-state index is 14.2. The van der Waals surface area contributed by atoms with Gasteiger partial charge in [-0.1, -0.05) is 42.5 Å². The number of fused-ring (bicyclic) bond motifs is 2. The van der Waals surface area contributed by atoms with Gasteiger partial charge in [-0.2, -0.15) is 4.31 Å². The zero-order valence-corrected chi connectivity index (χ0v) is 26.3. The minimum absolute atomic E-state index is 0.0235. The lowest BCUT2D eigenvalue weighted by molar-refractivity contribution is -0.0907. The molecule has 0 spiro atoms. The van der Waals surface area contributed by atoms with Crippen LogP contribution in [0.15, 0.2) is 65.6 Å². The average Bonchev–Trinajstić information content (AvgIpc) is 3.66. The number of sulfonamides is 1. The summed E-state index contributed by atoms with van der Waals surface area (Å²) in [5.74, 6) is 0.600. The molecule has 3 heterocycles. The monoisotopic (exact) mass is 645 g/mol. The summed E-state index contributed by atoms with van der Waals surface area (Å²) in [6, 6.07) is 13.1. The van der Waals surface area contributed by atoms with Crippen molar-refractivity contribution in [2.45, 2.75) is 55.1 Å². The minimum Gasteiger partial charge on any atom is -0.497 e. The van der Waals surface area contributed by atoms with Gasteiger partial charge < -0.3 is 39.4 Å². The van der Waals surface area contributed by atoms with Gasteiger partial charge >= 0.3 is 6.09 Å². The first-order valence-corrected chi connectivity index (χ1v) is 16.9. The number of alkyl carbamates (subject to hydrolysis) is 1. The number of aliphatic hydroxyl groups excluding tert-OH is 1. The van der Waals surface area contributed by atoms with Crippen LogP contribution in [0.2, 0.25) is 0 Å². The summed E-state index contributed by atoms with van der Waals surface area (Å²) in [5.41, 5.74) is 0.860. The summed E-state index contributed by atoms with van der Waals surface area (Å²) in [4.78, 5) is 13.1. The Hall–Kier alpha value is -3.20. The molecule has 2 aromatic rings. The number of nitrogens with one attached hydrogen (secondary N) is 2. The van der Waals surface area contributed by atoms with E-state index in [-0.39, 0.29) is 49.0 Å². The van der Waals surface area contributed by atoms with Gasteiger partial charge in [-0.15, -0.1) is 0 Å². The van der Waals surface area contributed by atoms with E-state index in [0.717, 1.165) is 18.4 Å².